The highest BCUT2D eigenvalue weighted by Crippen LogP contribution is 2.24. The van der Waals surface area contributed by atoms with Crippen LogP contribution >= 0.6 is 12.2 Å². The minimum Gasteiger partial charge on any atom is -0.494 e. The Hall–Kier alpha value is -2.60. The van der Waals surface area contributed by atoms with E-state index in [2.05, 4.69) is 17.6 Å². The number of carbonyl (C=O) groups excluding carboxylic acids is 1. The fraction of sp³-hybridized carbons (Fsp3) is 0.391. The van der Waals surface area contributed by atoms with Gasteiger partial charge in [-0.15, -0.1) is 0 Å². The topological polar surface area (TPSA) is 59.6 Å². The zero-order valence-corrected chi connectivity index (χ0v) is 18.2. The van der Waals surface area contributed by atoms with E-state index >= 15 is 0 Å². The van der Waals surface area contributed by atoms with E-state index in [0.29, 0.717) is 23.6 Å². The van der Waals surface area contributed by atoms with Crippen LogP contribution in [0.3, 0.4) is 0 Å². The third-order valence-electron chi connectivity index (χ3n) is 4.11. The first-order valence-electron chi connectivity index (χ1n) is 10.1. The Balaban J connectivity index is 1.86. The van der Waals surface area contributed by atoms with Crippen LogP contribution in [0.1, 0.15) is 56.8 Å². The van der Waals surface area contributed by atoms with Crippen LogP contribution in [-0.4, -0.2) is 23.7 Å². The van der Waals surface area contributed by atoms with Crippen LogP contribution in [0, 0.1) is 0 Å². The minimum absolute atomic E-state index is 0.0356. The van der Waals surface area contributed by atoms with E-state index < -0.39 is 0 Å². The molecule has 5 nitrogen and oxygen atoms in total. The predicted octanol–water partition coefficient (Wildman–Crippen LogP) is 5.56. The Kier molecular flexibility index (Phi) is 9.44. The average molecular weight is 415 g/mol. The van der Waals surface area contributed by atoms with Crippen LogP contribution in [0.4, 0.5) is 5.69 Å². The number of hydrogen-bond donors (Lipinski definition) is 2. The number of benzene rings is 2. The maximum absolute atomic E-state index is 12.4. The molecule has 2 N–H and O–H groups in total. The van der Waals surface area contributed by atoms with Crippen LogP contribution < -0.4 is 20.1 Å². The Morgan fingerprint density at radius 2 is 1.76 bits per heavy atom. The summed E-state index contributed by atoms with van der Waals surface area (Å²) >= 11 is 5.28. The lowest BCUT2D eigenvalue weighted by molar-refractivity contribution is 0.0977. The highest BCUT2D eigenvalue weighted by Gasteiger charge is 2.11. The standard InChI is InChI=1S/C23H30N2O3S/c1-4-5-6-9-16-27-19-14-12-18(13-15-19)22(26)25-23(29)24-20-10-7-8-11-21(20)28-17(2)3/h7-8,10-15,17H,4-6,9,16H2,1-3H3,(H2,24,25,26,29). The number of nitrogens with one attached hydrogen (secondary N) is 2. The fourth-order valence-electron chi connectivity index (χ4n) is 2.68. The molecule has 0 aliphatic rings. The summed E-state index contributed by atoms with van der Waals surface area (Å²) in [6, 6.07) is 14.5. The van der Waals surface area contributed by atoms with Crippen LogP contribution in [0.25, 0.3) is 0 Å². The van der Waals surface area contributed by atoms with E-state index in [1.165, 1.54) is 19.3 Å². The van der Waals surface area contributed by atoms with Crippen molar-refractivity contribution in [2.45, 2.75) is 52.6 Å². The molecule has 0 fully saturated rings. The summed E-state index contributed by atoms with van der Waals surface area (Å²) in [7, 11) is 0. The van der Waals surface area contributed by atoms with Crippen molar-refractivity contribution in [3.05, 3.63) is 54.1 Å². The first kappa shape index (κ1) is 22.7. The Morgan fingerprint density at radius 3 is 2.45 bits per heavy atom. The lowest BCUT2D eigenvalue weighted by Gasteiger charge is -2.16. The van der Waals surface area contributed by atoms with Gasteiger partial charge in [-0.1, -0.05) is 38.3 Å². The molecule has 0 heterocycles. The quantitative estimate of drug-likeness (QED) is 0.394. The van der Waals surface area contributed by atoms with Gasteiger partial charge < -0.3 is 14.8 Å². The van der Waals surface area contributed by atoms with E-state index in [4.69, 9.17) is 21.7 Å². The number of rotatable bonds is 10. The summed E-state index contributed by atoms with van der Waals surface area (Å²) in [6.07, 6.45) is 4.68. The monoisotopic (exact) mass is 414 g/mol. The lowest BCUT2D eigenvalue weighted by atomic mass is 10.2. The van der Waals surface area contributed by atoms with E-state index in [9.17, 15) is 4.79 Å². The van der Waals surface area contributed by atoms with Gasteiger partial charge in [0, 0.05) is 5.56 Å². The summed E-state index contributed by atoms with van der Waals surface area (Å²) in [5.74, 6) is 1.16. The van der Waals surface area contributed by atoms with Gasteiger partial charge in [-0.05, 0) is 68.9 Å². The van der Waals surface area contributed by atoms with Gasteiger partial charge in [0.1, 0.15) is 11.5 Å². The number of para-hydroxylation sites is 2. The molecule has 6 heteroatoms. The zero-order chi connectivity index (χ0) is 21.1. The highest BCUT2D eigenvalue weighted by molar-refractivity contribution is 7.80. The van der Waals surface area contributed by atoms with E-state index in [1.807, 2.05) is 38.1 Å². The summed E-state index contributed by atoms with van der Waals surface area (Å²) in [4.78, 5) is 12.4. The van der Waals surface area contributed by atoms with Crippen molar-refractivity contribution in [2.24, 2.45) is 0 Å². The second kappa shape index (κ2) is 12.1. The van der Waals surface area contributed by atoms with Gasteiger partial charge in [-0.3, -0.25) is 10.1 Å². The van der Waals surface area contributed by atoms with Gasteiger partial charge >= 0.3 is 0 Å². The molecule has 29 heavy (non-hydrogen) atoms. The molecule has 2 aromatic rings. The molecule has 0 bridgehead atoms. The maximum Gasteiger partial charge on any atom is 0.257 e. The van der Waals surface area contributed by atoms with Gasteiger partial charge in [0.2, 0.25) is 0 Å². The number of anilines is 1. The summed E-state index contributed by atoms with van der Waals surface area (Å²) in [5.41, 5.74) is 1.22. The molecular formula is C23H30N2O3S. The lowest BCUT2D eigenvalue weighted by Crippen LogP contribution is -2.34. The molecule has 0 aromatic heterocycles. The molecular weight excluding hydrogens is 384 g/mol. The molecule has 0 aliphatic heterocycles. The average Bonchev–Trinajstić information content (AvgIpc) is 2.69. The number of carbonyl (C=O) groups is 1. The van der Waals surface area contributed by atoms with Crippen molar-refractivity contribution >= 4 is 28.9 Å². The fourth-order valence-corrected chi connectivity index (χ4v) is 2.88. The van der Waals surface area contributed by atoms with Crippen molar-refractivity contribution in [2.75, 3.05) is 11.9 Å². The Morgan fingerprint density at radius 1 is 1.03 bits per heavy atom. The summed E-state index contributed by atoms with van der Waals surface area (Å²) in [6.45, 7) is 6.78. The second-order valence-electron chi connectivity index (χ2n) is 7.00. The van der Waals surface area contributed by atoms with Crippen LogP contribution in [0.5, 0.6) is 11.5 Å². The number of amides is 1. The van der Waals surface area contributed by atoms with Crippen LogP contribution in [-0.2, 0) is 0 Å². The Bertz CT molecular complexity index is 791. The van der Waals surface area contributed by atoms with Crippen molar-refractivity contribution in [1.29, 1.82) is 0 Å². The Labute approximate surface area is 178 Å². The van der Waals surface area contributed by atoms with Crippen molar-refractivity contribution in [3.63, 3.8) is 0 Å². The summed E-state index contributed by atoms with van der Waals surface area (Å²) in [5, 5.41) is 5.93. The number of ether oxygens (including phenoxy) is 2. The molecule has 2 aromatic carbocycles. The molecule has 0 aliphatic carbocycles. The first-order valence-corrected chi connectivity index (χ1v) is 10.5. The van der Waals surface area contributed by atoms with Gasteiger partial charge in [-0.2, -0.15) is 0 Å². The van der Waals surface area contributed by atoms with E-state index in [1.54, 1.807) is 24.3 Å². The molecule has 0 spiro atoms. The smallest absolute Gasteiger partial charge is 0.257 e. The molecule has 0 unspecified atom stereocenters. The molecule has 0 saturated heterocycles. The van der Waals surface area contributed by atoms with Crippen molar-refractivity contribution < 1.29 is 14.3 Å². The maximum atomic E-state index is 12.4. The molecule has 0 saturated carbocycles. The third kappa shape index (κ3) is 8.11. The second-order valence-corrected chi connectivity index (χ2v) is 7.41. The van der Waals surface area contributed by atoms with Gasteiger partial charge in [0.05, 0.1) is 18.4 Å². The molecule has 0 atom stereocenters. The highest BCUT2D eigenvalue weighted by atomic mass is 32.1. The normalized spacial score (nSPS) is 10.5. The van der Waals surface area contributed by atoms with Gasteiger partial charge in [0.15, 0.2) is 5.11 Å². The van der Waals surface area contributed by atoms with E-state index in [-0.39, 0.29) is 17.1 Å². The molecule has 1 amide bonds. The van der Waals surface area contributed by atoms with Crippen molar-refractivity contribution in [1.82, 2.24) is 5.32 Å². The third-order valence-corrected chi connectivity index (χ3v) is 4.31. The first-order chi connectivity index (χ1) is 14.0. The summed E-state index contributed by atoms with van der Waals surface area (Å²) < 4.78 is 11.5. The SMILES string of the molecule is CCCCCCOc1ccc(C(=O)NC(=S)Nc2ccccc2OC(C)C)cc1. The zero-order valence-electron chi connectivity index (χ0n) is 17.4. The molecule has 2 rings (SSSR count). The van der Waals surface area contributed by atoms with Crippen molar-refractivity contribution in [3.8, 4) is 11.5 Å². The van der Waals surface area contributed by atoms with Crippen LogP contribution in [0.15, 0.2) is 48.5 Å². The van der Waals surface area contributed by atoms with Gasteiger partial charge in [-0.25, -0.2) is 0 Å². The molecule has 0 radical (unpaired) electrons. The van der Waals surface area contributed by atoms with Gasteiger partial charge in [0.25, 0.3) is 5.91 Å². The number of unbranched alkanes of at least 4 members (excludes halogenated alkanes) is 3. The van der Waals surface area contributed by atoms with E-state index in [0.717, 1.165) is 12.2 Å². The number of thiocarbonyl (C=S) groups is 1. The predicted molar refractivity (Wildman–Crippen MR) is 122 cm³/mol. The molecule has 156 valence electrons. The minimum atomic E-state index is -0.278. The number of hydrogen-bond acceptors (Lipinski definition) is 4. The van der Waals surface area contributed by atoms with Crippen LogP contribution in [0.2, 0.25) is 0 Å². The largest absolute Gasteiger partial charge is 0.494 e.